The molecule has 29 heavy (non-hydrogen) atoms. The molecule has 2 amide bonds. The number of carbonyl (C=O) groups excluding carboxylic acids is 3. The summed E-state index contributed by atoms with van der Waals surface area (Å²) >= 11 is 0. The summed E-state index contributed by atoms with van der Waals surface area (Å²) in [6, 6.07) is -1.92. The molecule has 1 saturated heterocycles. The highest BCUT2D eigenvalue weighted by molar-refractivity contribution is 5.95. The van der Waals surface area contributed by atoms with Crippen LogP contribution in [0, 0.1) is 11.3 Å². The third-order valence-electron chi connectivity index (χ3n) is 4.12. The van der Waals surface area contributed by atoms with Gasteiger partial charge >= 0.3 is 11.9 Å². The summed E-state index contributed by atoms with van der Waals surface area (Å²) in [5.41, 5.74) is 5.19. The van der Waals surface area contributed by atoms with E-state index in [0.29, 0.717) is 13.0 Å². The number of ether oxygens (including phenoxy) is 2. The number of guanidine groups is 1. The first-order chi connectivity index (χ1) is 13.6. The van der Waals surface area contributed by atoms with E-state index in [-0.39, 0.29) is 24.7 Å². The number of hydrogen-bond acceptors (Lipinski definition) is 7. The van der Waals surface area contributed by atoms with Gasteiger partial charge in [-0.05, 0) is 25.2 Å². The number of epoxide rings is 1. The van der Waals surface area contributed by atoms with Gasteiger partial charge < -0.3 is 36.3 Å². The van der Waals surface area contributed by atoms with Gasteiger partial charge in [0.25, 0.3) is 5.91 Å². The number of aliphatic carboxylic acids is 1. The predicted molar refractivity (Wildman–Crippen MR) is 101 cm³/mol. The van der Waals surface area contributed by atoms with Crippen LogP contribution in [0.5, 0.6) is 0 Å². The van der Waals surface area contributed by atoms with Gasteiger partial charge in [0.15, 0.2) is 18.2 Å². The highest BCUT2D eigenvalue weighted by atomic mass is 16.6. The quantitative estimate of drug-likeness (QED) is 0.0706. The molecule has 0 unspecified atom stereocenters. The zero-order valence-electron chi connectivity index (χ0n) is 16.7. The Balaban J connectivity index is 2.71. The third kappa shape index (κ3) is 8.34. The number of nitrogens with two attached hydrogens (primary N) is 1. The Labute approximate surface area is 168 Å². The Hall–Kier alpha value is -2.89. The summed E-state index contributed by atoms with van der Waals surface area (Å²) in [5, 5.41) is 23.6. The highest BCUT2D eigenvalue weighted by Gasteiger charge is 2.51. The fourth-order valence-electron chi connectivity index (χ4n) is 2.65. The third-order valence-corrected chi connectivity index (χ3v) is 4.12. The molecule has 12 heteroatoms. The Kier molecular flexibility index (Phi) is 9.32. The molecule has 0 aliphatic carbocycles. The molecule has 0 radical (unpaired) electrons. The number of carboxylic acids is 1. The van der Waals surface area contributed by atoms with E-state index in [0.717, 1.165) is 0 Å². The molecule has 7 N–H and O–H groups in total. The fraction of sp³-hybridized carbons (Fsp3) is 0.706. The molecule has 12 nitrogen and oxygen atoms in total. The van der Waals surface area contributed by atoms with Crippen molar-refractivity contribution in [2.45, 2.75) is 57.4 Å². The summed E-state index contributed by atoms with van der Waals surface area (Å²) < 4.78 is 9.50. The maximum atomic E-state index is 12.7. The van der Waals surface area contributed by atoms with Crippen molar-refractivity contribution in [2.75, 3.05) is 13.7 Å². The van der Waals surface area contributed by atoms with Crippen molar-refractivity contribution in [3.05, 3.63) is 0 Å². The molecule has 0 spiro atoms. The SMILES string of the molecule is COC(=O)[C@H](CCCNC(=N)N)NC(=O)[C@H](CC(C)C)NC(=O)[C@H]1O[C@@H]1C(=O)O. The topological polar surface area (TPSA) is 196 Å². The Morgan fingerprint density at radius 1 is 1.17 bits per heavy atom. The molecule has 1 aliphatic rings. The van der Waals surface area contributed by atoms with E-state index in [1.54, 1.807) is 0 Å². The van der Waals surface area contributed by atoms with Crippen LogP contribution in [-0.4, -0.2) is 72.8 Å². The summed E-state index contributed by atoms with van der Waals surface area (Å²) in [5.74, 6) is -3.34. The minimum absolute atomic E-state index is 0.0396. The first-order valence-electron chi connectivity index (χ1n) is 9.21. The lowest BCUT2D eigenvalue weighted by molar-refractivity contribution is -0.145. The smallest absolute Gasteiger partial charge is 0.336 e. The van der Waals surface area contributed by atoms with Crippen LogP contribution in [0.4, 0.5) is 0 Å². The largest absolute Gasteiger partial charge is 0.479 e. The second-order valence-corrected chi connectivity index (χ2v) is 7.07. The van der Waals surface area contributed by atoms with Gasteiger partial charge in [0, 0.05) is 6.54 Å². The lowest BCUT2D eigenvalue weighted by Crippen LogP contribution is -2.53. The second-order valence-electron chi connectivity index (χ2n) is 7.07. The van der Waals surface area contributed by atoms with Crippen molar-refractivity contribution >= 4 is 29.7 Å². The van der Waals surface area contributed by atoms with Gasteiger partial charge in [-0.15, -0.1) is 0 Å². The van der Waals surface area contributed by atoms with E-state index < -0.39 is 48.0 Å². The lowest BCUT2D eigenvalue weighted by Gasteiger charge is -2.23. The number of nitrogens with one attached hydrogen (secondary N) is 4. The summed E-state index contributed by atoms with van der Waals surface area (Å²) in [6.45, 7) is 4.04. The molecule has 0 aromatic rings. The molecular formula is C17H29N5O7. The molecule has 1 heterocycles. The van der Waals surface area contributed by atoms with Crippen molar-refractivity contribution in [2.24, 2.45) is 11.7 Å². The summed E-state index contributed by atoms with van der Waals surface area (Å²) in [7, 11) is 1.19. The van der Waals surface area contributed by atoms with Crippen molar-refractivity contribution in [1.82, 2.24) is 16.0 Å². The van der Waals surface area contributed by atoms with E-state index in [1.807, 2.05) is 13.8 Å². The molecule has 164 valence electrons. The second kappa shape index (κ2) is 11.2. The number of amides is 2. The number of carbonyl (C=O) groups is 4. The van der Waals surface area contributed by atoms with Gasteiger partial charge in [0.1, 0.15) is 12.1 Å². The number of methoxy groups -OCH3 is 1. The Morgan fingerprint density at radius 3 is 2.31 bits per heavy atom. The van der Waals surface area contributed by atoms with Crippen molar-refractivity contribution in [3.8, 4) is 0 Å². The summed E-state index contributed by atoms with van der Waals surface area (Å²) in [6.07, 6.45) is -1.41. The molecule has 0 aromatic carbocycles. The van der Waals surface area contributed by atoms with Gasteiger partial charge in [-0.2, -0.15) is 0 Å². The zero-order valence-corrected chi connectivity index (χ0v) is 16.7. The molecule has 1 aliphatic heterocycles. The minimum Gasteiger partial charge on any atom is -0.479 e. The average Bonchev–Trinajstić information content (AvgIpc) is 3.43. The number of hydrogen-bond donors (Lipinski definition) is 6. The van der Waals surface area contributed by atoms with Gasteiger partial charge in [0.2, 0.25) is 5.91 Å². The monoisotopic (exact) mass is 415 g/mol. The Morgan fingerprint density at radius 2 is 1.83 bits per heavy atom. The van der Waals surface area contributed by atoms with Crippen molar-refractivity contribution < 1.29 is 33.8 Å². The van der Waals surface area contributed by atoms with Crippen LogP contribution < -0.4 is 21.7 Å². The van der Waals surface area contributed by atoms with E-state index in [2.05, 4.69) is 16.0 Å². The average molecular weight is 415 g/mol. The highest BCUT2D eigenvalue weighted by Crippen LogP contribution is 2.22. The molecule has 0 aromatic heterocycles. The van der Waals surface area contributed by atoms with Crippen LogP contribution >= 0.6 is 0 Å². The van der Waals surface area contributed by atoms with Crippen LogP contribution in [0.3, 0.4) is 0 Å². The van der Waals surface area contributed by atoms with Gasteiger partial charge in [-0.1, -0.05) is 13.8 Å². The summed E-state index contributed by atoms with van der Waals surface area (Å²) in [4.78, 5) is 47.7. The number of esters is 1. The van der Waals surface area contributed by atoms with E-state index in [1.165, 1.54) is 7.11 Å². The van der Waals surface area contributed by atoms with Gasteiger partial charge in [-0.3, -0.25) is 15.0 Å². The normalized spacial score (nSPS) is 19.6. The molecule has 0 saturated carbocycles. The van der Waals surface area contributed by atoms with Crippen LogP contribution in [0.15, 0.2) is 0 Å². The van der Waals surface area contributed by atoms with Crippen LogP contribution in [0.2, 0.25) is 0 Å². The minimum atomic E-state index is -1.25. The first-order valence-corrected chi connectivity index (χ1v) is 9.21. The van der Waals surface area contributed by atoms with Gasteiger partial charge in [0.05, 0.1) is 7.11 Å². The maximum absolute atomic E-state index is 12.7. The van der Waals surface area contributed by atoms with Crippen molar-refractivity contribution in [1.29, 1.82) is 5.41 Å². The van der Waals surface area contributed by atoms with E-state index in [4.69, 9.17) is 25.7 Å². The van der Waals surface area contributed by atoms with Crippen molar-refractivity contribution in [3.63, 3.8) is 0 Å². The zero-order chi connectivity index (χ0) is 22.1. The molecule has 1 fully saturated rings. The lowest BCUT2D eigenvalue weighted by atomic mass is 10.0. The maximum Gasteiger partial charge on any atom is 0.336 e. The van der Waals surface area contributed by atoms with Crippen LogP contribution in [-0.2, 0) is 28.7 Å². The molecule has 4 atom stereocenters. The number of rotatable bonds is 12. The van der Waals surface area contributed by atoms with E-state index >= 15 is 0 Å². The standard InChI is InChI=1S/C17H29N5O7/c1-8(2)7-10(22-14(24)11-12(29-11)15(25)26)13(23)21-9(16(27)28-3)5-4-6-20-17(18)19/h8-12H,4-7H2,1-3H3,(H,21,23)(H,22,24)(H,25,26)(H4,18,19,20)/t9-,10-,11-,12-/m0/s1. The van der Waals surface area contributed by atoms with Crippen LogP contribution in [0.1, 0.15) is 33.1 Å². The molecular weight excluding hydrogens is 386 g/mol. The molecule has 0 bridgehead atoms. The molecule has 1 rings (SSSR count). The van der Waals surface area contributed by atoms with Gasteiger partial charge in [-0.25, -0.2) is 9.59 Å². The predicted octanol–water partition coefficient (Wildman–Crippen LogP) is -1.71. The number of carboxylic acid groups (broad SMARTS) is 1. The Bertz CT molecular complexity index is 640. The first kappa shape index (κ1) is 24.1. The van der Waals surface area contributed by atoms with Crippen LogP contribution in [0.25, 0.3) is 0 Å². The van der Waals surface area contributed by atoms with E-state index in [9.17, 15) is 19.2 Å². The fourth-order valence-corrected chi connectivity index (χ4v) is 2.65.